The van der Waals surface area contributed by atoms with Crippen molar-refractivity contribution >= 4 is 16.9 Å². The van der Waals surface area contributed by atoms with E-state index in [1.165, 1.54) is 12.7 Å². The SMILES string of the molecule is CCc1c(C(=O)OC)[nH]c2ccc(C)cc12. The number of benzene rings is 1. The summed E-state index contributed by atoms with van der Waals surface area (Å²) in [5.74, 6) is -0.300. The number of H-pyrrole nitrogens is 1. The molecule has 0 saturated heterocycles. The molecule has 1 heterocycles. The highest BCUT2D eigenvalue weighted by atomic mass is 16.5. The highest BCUT2D eigenvalue weighted by Crippen LogP contribution is 2.24. The van der Waals surface area contributed by atoms with Crippen LogP contribution in [0, 0.1) is 6.92 Å². The van der Waals surface area contributed by atoms with Crippen LogP contribution in [-0.2, 0) is 11.2 Å². The van der Waals surface area contributed by atoms with Crippen LogP contribution in [0.2, 0.25) is 0 Å². The molecule has 0 aliphatic heterocycles. The van der Waals surface area contributed by atoms with Crippen molar-refractivity contribution in [3.63, 3.8) is 0 Å². The maximum absolute atomic E-state index is 11.6. The van der Waals surface area contributed by atoms with E-state index in [1.807, 2.05) is 26.0 Å². The van der Waals surface area contributed by atoms with Crippen LogP contribution < -0.4 is 0 Å². The van der Waals surface area contributed by atoms with Gasteiger partial charge in [0.15, 0.2) is 0 Å². The van der Waals surface area contributed by atoms with E-state index in [2.05, 4.69) is 11.1 Å². The summed E-state index contributed by atoms with van der Waals surface area (Å²) >= 11 is 0. The van der Waals surface area contributed by atoms with Crippen LogP contribution in [0.3, 0.4) is 0 Å². The molecule has 0 unspecified atom stereocenters. The smallest absolute Gasteiger partial charge is 0.354 e. The van der Waals surface area contributed by atoms with E-state index in [4.69, 9.17) is 4.74 Å². The number of carbonyl (C=O) groups excluding carboxylic acids is 1. The fraction of sp³-hybridized carbons (Fsp3) is 0.308. The Bertz CT molecular complexity index is 540. The maximum Gasteiger partial charge on any atom is 0.354 e. The summed E-state index contributed by atoms with van der Waals surface area (Å²) in [4.78, 5) is 14.7. The van der Waals surface area contributed by atoms with E-state index in [1.54, 1.807) is 0 Å². The number of hydrogen-bond donors (Lipinski definition) is 1. The summed E-state index contributed by atoms with van der Waals surface area (Å²) in [6, 6.07) is 6.12. The number of fused-ring (bicyclic) bond motifs is 1. The molecule has 16 heavy (non-hydrogen) atoms. The largest absolute Gasteiger partial charge is 0.464 e. The molecule has 0 saturated carbocycles. The number of hydrogen-bond acceptors (Lipinski definition) is 2. The molecule has 0 fully saturated rings. The third kappa shape index (κ3) is 1.58. The number of methoxy groups -OCH3 is 1. The lowest BCUT2D eigenvalue weighted by Crippen LogP contribution is -2.04. The lowest BCUT2D eigenvalue weighted by molar-refractivity contribution is 0.0594. The first-order valence-electron chi connectivity index (χ1n) is 5.37. The molecule has 3 nitrogen and oxygen atoms in total. The van der Waals surface area contributed by atoms with Crippen LogP contribution >= 0.6 is 0 Å². The molecule has 3 heteroatoms. The van der Waals surface area contributed by atoms with E-state index in [0.29, 0.717) is 5.69 Å². The number of aryl methyl sites for hydroxylation is 2. The van der Waals surface area contributed by atoms with Gasteiger partial charge in [0, 0.05) is 10.9 Å². The first kappa shape index (κ1) is 10.7. The standard InChI is InChI=1S/C13H15NO2/c1-4-9-10-7-8(2)5-6-11(10)14-12(9)13(15)16-3/h5-7,14H,4H2,1-3H3. The number of aromatic amines is 1. The Hall–Kier alpha value is -1.77. The average Bonchev–Trinajstić information content (AvgIpc) is 2.65. The number of rotatable bonds is 2. The zero-order valence-corrected chi connectivity index (χ0v) is 9.76. The van der Waals surface area contributed by atoms with Gasteiger partial charge in [0.05, 0.1) is 7.11 Å². The number of carbonyl (C=O) groups is 1. The fourth-order valence-electron chi connectivity index (χ4n) is 2.01. The predicted octanol–water partition coefficient (Wildman–Crippen LogP) is 2.83. The van der Waals surface area contributed by atoms with Crippen molar-refractivity contribution in [1.82, 2.24) is 4.98 Å². The van der Waals surface area contributed by atoms with Gasteiger partial charge in [-0.05, 0) is 31.0 Å². The summed E-state index contributed by atoms with van der Waals surface area (Å²) in [7, 11) is 1.40. The molecule has 0 aliphatic carbocycles. The van der Waals surface area contributed by atoms with E-state index >= 15 is 0 Å². The van der Waals surface area contributed by atoms with Gasteiger partial charge < -0.3 is 9.72 Å². The van der Waals surface area contributed by atoms with Crippen molar-refractivity contribution in [2.75, 3.05) is 7.11 Å². The number of nitrogens with one attached hydrogen (secondary N) is 1. The second-order valence-electron chi connectivity index (χ2n) is 3.87. The monoisotopic (exact) mass is 217 g/mol. The van der Waals surface area contributed by atoms with Gasteiger partial charge in [-0.2, -0.15) is 0 Å². The molecule has 0 atom stereocenters. The Morgan fingerprint density at radius 1 is 1.44 bits per heavy atom. The van der Waals surface area contributed by atoms with Crippen LogP contribution in [-0.4, -0.2) is 18.1 Å². The minimum atomic E-state index is -0.300. The topological polar surface area (TPSA) is 42.1 Å². The Morgan fingerprint density at radius 3 is 2.81 bits per heavy atom. The second kappa shape index (κ2) is 4.00. The molecular weight excluding hydrogens is 202 g/mol. The van der Waals surface area contributed by atoms with Crippen molar-refractivity contribution in [2.45, 2.75) is 20.3 Å². The molecule has 2 rings (SSSR count). The number of ether oxygens (including phenoxy) is 1. The Morgan fingerprint density at radius 2 is 2.19 bits per heavy atom. The molecule has 0 spiro atoms. The van der Waals surface area contributed by atoms with Crippen molar-refractivity contribution in [2.24, 2.45) is 0 Å². The van der Waals surface area contributed by atoms with E-state index in [0.717, 1.165) is 22.9 Å². The zero-order chi connectivity index (χ0) is 11.7. The van der Waals surface area contributed by atoms with Gasteiger partial charge in [-0.3, -0.25) is 0 Å². The molecule has 0 bridgehead atoms. The van der Waals surface area contributed by atoms with Crippen molar-refractivity contribution in [3.05, 3.63) is 35.0 Å². The van der Waals surface area contributed by atoms with Crippen LogP contribution in [0.15, 0.2) is 18.2 Å². The second-order valence-corrected chi connectivity index (χ2v) is 3.87. The number of aromatic nitrogens is 1. The molecule has 0 amide bonds. The normalized spacial score (nSPS) is 10.7. The van der Waals surface area contributed by atoms with Crippen molar-refractivity contribution in [1.29, 1.82) is 0 Å². The molecular formula is C13H15NO2. The summed E-state index contributed by atoms with van der Waals surface area (Å²) in [6.07, 6.45) is 0.813. The maximum atomic E-state index is 11.6. The molecule has 1 aromatic carbocycles. The van der Waals surface area contributed by atoms with Crippen LogP contribution in [0.1, 0.15) is 28.5 Å². The van der Waals surface area contributed by atoms with Gasteiger partial charge in [-0.25, -0.2) is 4.79 Å². The molecule has 1 N–H and O–H groups in total. The highest BCUT2D eigenvalue weighted by molar-refractivity contribution is 5.98. The summed E-state index contributed by atoms with van der Waals surface area (Å²) in [6.45, 7) is 4.08. The lowest BCUT2D eigenvalue weighted by Gasteiger charge is -1.99. The van der Waals surface area contributed by atoms with Crippen molar-refractivity contribution in [3.8, 4) is 0 Å². The average molecular weight is 217 g/mol. The quantitative estimate of drug-likeness (QED) is 0.786. The van der Waals surface area contributed by atoms with Gasteiger partial charge in [0.25, 0.3) is 0 Å². The Balaban J connectivity index is 2.71. The molecule has 84 valence electrons. The van der Waals surface area contributed by atoms with E-state index in [9.17, 15) is 4.79 Å². The molecule has 0 aliphatic rings. The molecule has 0 radical (unpaired) electrons. The van der Waals surface area contributed by atoms with Crippen molar-refractivity contribution < 1.29 is 9.53 Å². The number of esters is 1. The zero-order valence-electron chi connectivity index (χ0n) is 9.76. The van der Waals surface area contributed by atoms with Crippen LogP contribution in [0.4, 0.5) is 0 Å². The minimum absolute atomic E-state index is 0.300. The van der Waals surface area contributed by atoms with Gasteiger partial charge in [0.1, 0.15) is 5.69 Å². The van der Waals surface area contributed by atoms with Crippen LogP contribution in [0.5, 0.6) is 0 Å². The van der Waals surface area contributed by atoms with Gasteiger partial charge in [-0.15, -0.1) is 0 Å². The van der Waals surface area contributed by atoms with Crippen LogP contribution in [0.25, 0.3) is 10.9 Å². The van der Waals surface area contributed by atoms with Gasteiger partial charge in [0.2, 0.25) is 0 Å². The predicted molar refractivity (Wildman–Crippen MR) is 63.8 cm³/mol. The summed E-state index contributed by atoms with van der Waals surface area (Å²) < 4.78 is 4.77. The Labute approximate surface area is 94.4 Å². The van der Waals surface area contributed by atoms with E-state index < -0.39 is 0 Å². The lowest BCUT2D eigenvalue weighted by atomic mass is 10.1. The minimum Gasteiger partial charge on any atom is -0.464 e. The Kier molecular flexibility index (Phi) is 2.69. The summed E-state index contributed by atoms with van der Waals surface area (Å²) in [5.41, 5.74) is 3.79. The molecule has 2 aromatic rings. The highest BCUT2D eigenvalue weighted by Gasteiger charge is 2.16. The third-order valence-corrected chi connectivity index (χ3v) is 2.80. The first-order valence-corrected chi connectivity index (χ1v) is 5.37. The van der Waals surface area contributed by atoms with E-state index in [-0.39, 0.29) is 5.97 Å². The van der Waals surface area contributed by atoms with Gasteiger partial charge in [-0.1, -0.05) is 18.6 Å². The third-order valence-electron chi connectivity index (χ3n) is 2.80. The fourth-order valence-corrected chi connectivity index (χ4v) is 2.01. The first-order chi connectivity index (χ1) is 7.67. The van der Waals surface area contributed by atoms with Gasteiger partial charge >= 0.3 is 5.97 Å². The molecule has 1 aromatic heterocycles. The summed E-state index contributed by atoms with van der Waals surface area (Å²) in [5, 5.41) is 1.11.